The minimum absolute atomic E-state index is 0.425. The van der Waals surface area contributed by atoms with Gasteiger partial charge in [-0.2, -0.15) is 4.31 Å². The molecule has 4 nitrogen and oxygen atoms in total. The highest BCUT2D eigenvalue weighted by molar-refractivity contribution is 9.10. The van der Waals surface area contributed by atoms with E-state index in [0.29, 0.717) is 24.0 Å². The fourth-order valence-corrected chi connectivity index (χ4v) is 4.78. The smallest absolute Gasteiger partial charge is 0.243 e. The third-order valence-electron chi connectivity index (χ3n) is 3.94. The van der Waals surface area contributed by atoms with Gasteiger partial charge in [0.1, 0.15) is 0 Å². The maximum atomic E-state index is 12.8. The molecule has 112 valence electrons. The highest BCUT2D eigenvalue weighted by Gasteiger charge is 2.30. The van der Waals surface area contributed by atoms with Gasteiger partial charge in [0.05, 0.1) is 4.90 Å². The van der Waals surface area contributed by atoms with Crippen molar-refractivity contribution < 1.29 is 8.42 Å². The molecular formula is C14H21BrN2O2S. The molecule has 0 radical (unpaired) electrons. The van der Waals surface area contributed by atoms with Gasteiger partial charge in [-0.15, -0.1) is 0 Å². The normalized spacial score (nSPS) is 18.4. The summed E-state index contributed by atoms with van der Waals surface area (Å²) in [6.07, 6.45) is 1.73. The van der Waals surface area contributed by atoms with Crippen LogP contribution in [-0.4, -0.2) is 38.9 Å². The molecule has 1 aromatic carbocycles. The number of piperidine rings is 1. The van der Waals surface area contributed by atoms with Gasteiger partial charge in [-0.05, 0) is 57.0 Å². The van der Waals surface area contributed by atoms with Gasteiger partial charge in [0, 0.05) is 23.6 Å². The first-order valence-electron chi connectivity index (χ1n) is 6.80. The lowest BCUT2D eigenvalue weighted by Gasteiger charge is -2.31. The first-order valence-corrected chi connectivity index (χ1v) is 9.03. The Morgan fingerprint density at radius 3 is 2.35 bits per heavy atom. The Kier molecular flexibility index (Phi) is 4.89. The monoisotopic (exact) mass is 360 g/mol. The molecule has 0 saturated carbocycles. The predicted octanol–water partition coefficient (Wildman–Crippen LogP) is 2.44. The summed E-state index contributed by atoms with van der Waals surface area (Å²) in [5.41, 5.74) is 1.73. The van der Waals surface area contributed by atoms with Crippen LogP contribution < -0.4 is 5.32 Å². The molecule has 0 atom stereocenters. The SMILES string of the molecule is CNC1CCN(S(=O)(=O)c2cc(C)c(Br)cc2C)CC1. The summed E-state index contributed by atoms with van der Waals surface area (Å²) in [5, 5.41) is 3.22. The summed E-state index contributed by atoms with van der Waals surface area (Å²) >= 11 is 3.44. The van der Waals surface area contributed by atoms with Crippen LogP contribution in [0.4, 0.5) is 0 Å². The molecule has 2 rings (SSSR count). The van der Waals surface area contributed by atoms with Crippen molar-refractivity contribution in [3.8, 4) is 0 Å². The van der Waals surface area contributed by atoms with Gasteiger partial charge >= 0.3 is 0 Å². The van der Waals surface area contributed by atoms with Crippen LogP contribution in [0.5, 0.6) is 0 Å². The third-order valence-corrected chi connectivity index (χ3v) is 6.83. The molecular weight excluding hydrogens is 340 g/mol. The highest BCUT2D eigenvalue weighted by Crippen LogP contribution is 2.28. The zero-order valence-electron chi connectivity index (χ0n) is 12.1. The van der Waals surface area contributed by atoms with E-state index in [0.717, 1.165) is 28.4 Å². The van der Waals surface area contributed by atoms with E-state index in [-0.39, 0.29) is 0 Å². The highest BCUT2D eigenvalue weighted by atomic mass is 79.9. The maximum Gasteiger partial charge on any atom is 0.243 e. The van der Waals surface area contributed by atoms with Crippen LogP contribution >= 0.6 is 15.9 Å². The van der Waals surface area contributed by atoms with Crippen LogP contribution in [0.1, 0.15) is 24.0 Å². The Morgan fingerprint density at radius 2 is 1.80 bits per heavy atom. The van der Waals surface area contributed by atoms with Gasteiger partial charge in [-0.3, -0.25) is 0 Å². The average molecular weight is 361 g/mol. The second kappa shape index (κ2) is 6.13. The van der Waals surface area contributed by atoms with Crippen molar-refractivity contribution >= 4 is 26.0 Å². The van der Waals surface area contributed by atoms with E-state index in [9.17, 15) is 8.42 Å². The van der Waals surface area contributed by atoms with Crippen LogP contribution in [0, 0.1) is 13.8 Å². The maximum absolute atomic E-state index is 12.8. The zero-order valence-corrected chi connectivity index (χ0v) is 14.5. The van der Waals surface area contributed by atoms with E-state index in [4.69, 9.17) is 0 Å². The van der Waals surface area contributed by atoms with Gasteiger partial charge < -0.3 is 5.32 Å². The third kappa shape index (κ3) is 3.08. The largest absolute Gasteiger partial charge is 0.317 e. The van der Waals surface area contributed by atoms with Crippen molar-refractivity contribution in [1.82, 2.24) is 9.62 Å². The summed E-state index contributed by atoms with van der Waals surface area (Å²) < 4.78 is 28.1. The number of sulfonamides is 1. The fourth-order valence-electron chi connectivity index (χ4n) is 2.56. The molecule has 1 fully saturated rings. The molecule has 1 saturated heterocycles. The number of aryl methyl sites for hydroxylation is 2. The Labute approximate surface area is 129 Å². The van der Waals surface area contributed by atoms with Crippen LogP contribution in [0.2, 0.25) is 0 Å². The van der Waals surface area contributed by atoms with E-state index in [1.54, 1.807) is 10.4 Å². The summed E-state index contributed by atoms with van der Waals surface area (Å²) in [5.74, 6) is 0. The lowest BCUT2D eigenvalue weighted by molar-refractivity contribution is 0.298. The second-order valence-corrected chi connectivity index (χ2v) is 8.09. The van der Waals surface area contributed by atoms with Crippen molar-refractivity contribution in [3.05, 3.63) is 27.7 Å². The summed E-state index contributed by atoms with van der Waals surface area (Å²) in [7, 11) is -1.45. The topological polar surface area (TPSA) is 49.4 Å². The number of hydrogen-bond acceptors (Lipinski definition) is 3. The Hall–Kier alpha value is -0.430. The molecule has 1 aliphatic heterocycles. The van der Waals surface area contributed by atoms with Gasteiger partial charge in [-0.1, -0.05) is 15.9 Å². The van der Waals surface area contributed by atoms with Crippen LogP contribution in [0.3, 0.4) is 0 Å². The quantitative estimate of drug-likeness (QED) is 0.900. The van der Waals surface area contributed by atoms with E-state index in [2.05, 4.69) is 21.2 Å². The van der Waals surface area contributed by atoms with Gasteiger partial charge in [0.25, 0.3) is 0 Å². The first kappa shape index (κ1) is 15.9. The van der Waals surface area contributed by atoms with Crippen molar-refractivity contribution in [2.45, 2.75) is 37.6 Å². The van der Waals surface area contributed by atoms with Crippen LogP contribution in [0.25, 0.3) is 0 Å². The van der Waals surface area contributed by atoms with Crippen molar-refractivity contribution in [2.75, 3.05) is 20.1 Å². The zero-order chi connectivity index (χ0) is 14.9. The molecule has 20 heavy (non-hydrogen) atoms. The van der Waals surface area contributed by atoms with Crippen molar-refractivity contribution in [3.63, 3.8) is 0 Å². The summed E-state index contributed by atoms with van der Waals surface area (Å²) in [6, 6.07) is 4.07. The molecule has 1 aromatic rings. The molecule has 0 aromatic heterocycles. The minimum Gasteiger partial charge on any atom is -0.317 e. The molecule has 0 unspecified atom stereocenters. The molecule has 6 heteroatoms. The number of hydrogen-bond donors (Lipinski definition) is 1. The Bertz CT molecular complexity index is 593. The number of rotatable bonds is 3. The molecule has 1 aliphatic rings. The molecule has 1 N–H and O–H groups in total. The Balaban J connectivity index is 2.30. The lowest BCUT2D eigenvalue weighted by atomic mass is 10.1. The molecule has 1 heterocycles. The number of nitrogens with one attached hydrogen (secondary N) is 1. The van der Waals surface area contributed by atoms with Crippen molar-refractivity contribution in [2.24, 2.45) is 0 Å². The number of halogens is 1. The Morgan fingerprint density at radius 1 is 1.20 bits per heavy atom. The minimum atomic E-state index is -3.38. The van der Waals surface area contributed by atoms with Crippen LogP contribution in [0.15, 0.2) is 21.5 Å². The fraction of sp³-hybridized carbons (Fsp3) is 0.571. The number of nitrogens with zero attached hydrogens (tertiary/aromatic N) is 1. The van der Waals surface area contributed by atoms with E-state index in [1.165, 1.54) is 0 Å². The average Bonchev–Trinajstić information content (AvgIpc) is 2.42. The number of benzene rings is 1. The lowest BCUT2D eigenvalue weighted by Crippen LogP contribution is -2.44. The van der Waals surface area contributed by atoms with Gasteiger partial charge in [-0.25, -0.2) is 8.42 Å². The molecule has 0 aliphatic carbocycles. The van der Waals surface area contributed by atoms with E-state index in [1.807, 2.05) is 27.0 Å². The standard InChI is InChI=1S/C14H21BrN2O2S/c1-10-9-14(11(2)8-13(10)15)20(18,19)17-6-4-12(16-3)5-7-17/h8-9,12,16H,4-7H2,1-3H3. The van der Waals surface area contributed by atoms with E-state index >= 15 is 0 Å². The van der Waals surface area contributed by atoms with Gasteiger partial charge in [0.2, 0.25) is 10.0 Å². The van der Waals surface area contributed by atoms with Gasteiger partial charge in [0.15, 0.2) is 0 Å². The van der Waals surface area contributed by atoms with Crippen LogP contribution in [-0.2, 0) is 10.0 Å². The molecule has 0 spiro atoms. The summed E-state index contributed by atoms with van der Waals surface area (Å²) in [6.45, 7) is 4.93. The predicted molar refractivity (Wildman–Crippen MR) is 84.5 cm³/mol. The second-order valence-electron chi connectivity index (χ2n) is 5.33. The van der Waals surface area contributed by atoms with Crippen molar-refractivity contribution in [1.29, 1.82) is 0 Å². The van der Waals surface area contributed by atoms with E-state index < -0.39 is 10.0 Å². The molecule has 0 amide bonds. The first-order chi connectivity index (χ1) is 9.36. The summed E-state index contributed by atoms with van der Waals surface area (Å²) in [4.78, 5) is 0.432. The molecule has 0 bridgehead atoms.